The van der Waals surface area contributed by atoms with E-state index in [0.717, 1.165) is 45.0 Å². The summed E-state index contributed by atoms with van der Waals surface area (Å²) in [6, 6.07) is 35.6. The van der Waals surface area contributed by atoms with Gasteiger partial charge in [-0.25, -0.2) is 9.36 Å². The van der Waals surface area contributed by atoms with E-state index in [-0.39, 0.29) is 0 Å². The Morgan fingerprint density at radius 2 is 0.842 bits per heavy atom. The molecule has 38 heavy (non-hydrogen) atoms. The highest BCUT2D eigenvalue weighted by molar-refractivity contribution is 6.31. The Hall–Kier alpha value is -4.26. The molecule has 0 atom stereocenters. The molecule has 6 nitrogen and oxygen atoms in total. The molecule has 2 heterocycles. The van der Waals surface area contributed by atoms with Crippen LogP contribution in [-0.2, 0) is 13.1 Å². The topological polar surface area (TPSA) is 61.4 Å². The number of rotatable bonds is 7. The molecule has 4 aromatic carbocycles. The second kappa shape index (κ2) is 10.6. The molecule has 0 amide bonds. The van der Waals surface area contributed by atoms with Gasteiger partial charge in [0, 0.05) is 21.2 Å². The van der Waals surface area contributed by atoms with E-state index in [4.69, 9.17) is 23.2 Å². The van der Waals surface area contributed by atoms with Gasteiger partial charge in [0.15, 0.2) is 0 Å². The molecule has 0 unspecified atom stereocenters. The summed E-state index contributed by atoms with van der Waals surface area (Å²) in [7, 11) is 0. The van der Waals surface area contributed by atoms with Crippen LogP contribution in [0.15, 0.2) is 109 Å². The van der Waals surface area contributed by atoms with Crippen molar-refractivity contribution >= 4 is 23.2 Å². The zero-order chi connectivity index (χ0) is 25.9. The fourth-order valence-electron chi connectivity index (χ4n) is 4.43. The minimum atomic E-state index is 0.535. The highest BCUT2D eigenvalue weighted by atomic mass is 35.5. The quantitative estimate of drug-likeness (QED) is 0.215. The molecule has 2 aromatic heterocycles. The Kier molecular flexibility index (Phi) is 6.73. The van der Waals surface area contributed by atoms with Crippen LogP contribution in [0.25, 0.3) is 33.9 Å². The summed E-state index contributed by atoms with van der Waals surface area (Å²) in [4.78, 5) is 0. The first-order valence-corrected chi connectivity index (χ1v) is 12.9. The van der Waals surface area contributed by atoms with Crippen molar-refractivity contribution in [2.75, 3.05) is 0 Å². The molecular weight excluding hydrogens is 515 g/mol. The van der Waals surface area contributed by atoms with Crippen molar-refractivity contribution in [2.24, 2.45) is 0 Å². The Bertz CT molecular complexity index is 1530. The molecule has 0 N–H and O–H groups in total. The van der Waals surface area contributed by atoms with Crippen LogP contribution in [0.5, 0.6) is 0 Å². The van der Waals surface area contributed by atoms with Crippen molar-refractivity contribution in [2.45, 2.75) is 13.1 Å². The first-order chi connectivity index (χ1) is 18.7. The molecular formula is C30H22Cl2N6. The van der Waals surface area contributed by atoms with E-state index in [1.807, 2.05) is 94.3 Å². The van der Waals surface area contributed by atoms with Crippen LogP contribution < -0.4 is 0 Å². The predicted octanol–water partition coefficient (Wildman–Crippen LogP) is 7.27. The van der Waals surface area contributed by atoms with E-state index in [2.05, 4.69) is 44.9 Å². The lowest BCUT2D eigenvalue weighted by Gasteiger charge is -2.13. The number of nitrogens with zero attached hydrogens (tertiary/aromatic N) is 6. The third kappa shape index (κ3) is 4.96. The van der Waals surface area contributed by atoms with Crippen molar-refractivity contribution in [3.8, 4) is 33.9 Å². The van der Waals surface area contributed by atoms with E-state index < -0.39 is 0 Å². The first kappa shape index (κ1) is 24.1. The van der Waals surface area contributed by atoms with Crippen molar-refractivity contribution in [3.63, 3.8) is 0 Å². The minimum Gasteiger partial charge on any atom is -0.238 e. The van der Waals surface area contributed by atoms with Crippen LogP contribution in [0, 0.1) is 0 Å². The summed E-state index contributed by atoms with van der Waals surface area (Å²) in [6.07, 6.45) is 0. The molecule has 8 heteroatoms. The Morgan fingerprint density at radius 3 is 1.21 bits per heavy atom. The zero-order valence-electron chi connectivity index (χ0n) is 20.2. The smallest absolute Gasteiger partial charge is 0.122 e. The van der Waals surface area contributed by atoms with E-state index in [0.29, 0.717) is 23.1 Å². The van der Waals surface area contributed by atoms with Gasteiger partial charge in [-0.3, -0.25) is 0 Å². The SMILES string of the molecule is Clc1ccc(-c2nnn(Cc3ccccc3)c2-c2c(-c3ccc(Cl)cc3)nnn2Cc2ccccc2)cc1. The molecule has 6 aromatic rings. The van der Waals surface area contributed by atoms with Crippen LogP contribution in [0.4, 0.5) is 0 Å². The number of hydrogen-bond acceptors (Lipinski definition) is 4. The van der Waals surface area contributed by atoms with Gasteiger partial charge < -0.3 is 0 Å². The molecule has 0 fully saturated rings. The van der Waals surface area contributed by atoms with Crippen LogP contribution in [0.3, 0.4) is 0 Å². The van der Waals surface area contributed by atoms with Crippen molar-refractivity contribution in [3.05, 3.63) is 130 Å². The fourth-order valence-corrected chi connectivity index (χ4v) is 4.69. The highest BCUT2D eigenvalue weighted by Gasteiger charge is 2.26. The molecule has 0 saturated heterocycles. The van der Waals surface area contributed by atoms with Gasteiger partial charge in [0.1, 0.15) is 22.8 Å². The molecule has 0 aliphatic rings. The molecule has 0 aliphatic heterocycles. The van der Waals surface area contributed by atoms with Gasteiger partial charge in [0.05, 0.1) is 13.1 Å². The standard InChI is InChI=1S/C30H22Cl2N6/c31-25-15-11-23(12-16-25)27-29(37(35-33-27)19-21-7-3-1-4-8-21)30-28(24-13-17-26(32)18-14-24)34-36-38(30)20-22-9-5-2-6-10-22/h1-18H,19-20H2. The first-order valence-electron chi connectivity index (χ1n) is 12.1. The van der Waals surface area contributed by atoms with Crippen LogP contribution in [-0.4, -0.2) is 30.0 Å². The van der Waals surface area contributed by atoms with Gasteiger partial charge in [-0.05, 0) is 35.4 Å². The average molecular weight is 537 g/mol. The number of aromatic nitrogens is 6. The normalized spacial score (nSPS) is 11.1. The van der Waals surface area contributed by atoms with E-state index >= 15 is 0 Å². The van der Waals surface area contributed by atoms with Gasteiger partial charge in [0.2, 0.25) is 0 Å². The van der Waals surface area contributed by atoms with Crippen LogP contribution in [0.2, 0.25) is 10.0 Å². The highest BCUT2D eigenvalue weighted by Crippen LogP contribution is 2.37. The van der Waals surface area contributed by atoms with Crippen molar-refractivity contribution in [1.82, 2.24) is 30.0 Å². The molecule has 186 valence electrons. The Morgan fingerprint density at radius 1 is 0.474 bits per heavy atom. The summed E-state index contributed by atoms with van der Waals surface area (Å²) in [5.74, 6) is 0. The Labute approximate surface area is 230 Å². The van der Waals surface area contributed by atoms with Crippen molar-refractivity contribution in [1.29, 1.82) is 0 Å². The molecule has 6 rings (SSSR count). The molecule has 0 saturated carbocycles. The second-order valence-corrected chi connectivity index (χ2v) is 9.75. The van der Waals surface area contributed by atoms with E-state index in [1.54, 1.807) is 0 Å². The maximum Gasteiger partial charge on any atom is 0.122 e. The third-order valence-corrected chi connectivity index (χ3v) is 6.78. The largest absolute Gasteiger partial charge is 0.238 e. The lowest BCUT2D eigenvalue weighted by atomic mass is 10.0. The van der Waals surface area contributed by atoms with E-state index in [9.17, 15) is 0 Å². The predicted molar refractivity (Wildman–Crippen MR) is 151 cm³/mol. The maximum absolute atomic E-state index is 6.21. The van der Waals surface area contributed by atoms with Gasteiger partial charge in [-0.1, -0.05) is 119 Å². The minimum absolute atomic E-state index is 0.535. The number of hydrogen-bond donors (Lipinski definition) is 0. The van der Waals surface area contributed by atoms with Gasteiger partial charge in [0.25, 0.3) is 0 Å². The molecule has 0 aliphatic carbocycles. The van der Waals surface area contributed by atoms with Gasteiger partial charge in [-0.15, -0.1) is 10.2 Å². The van der Waals surface area contributed by atoms with Gasteiger partial charge >= 0.3 is 0 Å². The monoisotopic (exact) mass is 536 g/mol. The van der Waals surface area contributed by atoms with Crippen LogP contribution in [0.1, 0.15) is 11.1 Å². The Balaban J connectivity index is 1.58. The van der Waals surface area contributed by atoms with Crippen LogP contribution >= 0.6 is 23.2 Å². The molecule has 0 bridgehead atoms. The lowest BCUT2D eigenvalue weighted by molar-refractivity contribution is 0.630. The molecule has 0 spiro atoms. The van der Waals surface area contributed by atoms with E-state index in [1.165, 1.54) is 0 Å². The summed E-state index contributed by atoms with van der Waals surface area (Å²) in [5.41, 5.74) is 7.11. The summed E-state index contributed by atoms with van der Waals surface area (Å²) in [6.45, 7) is 1.07. The van der Waals surface area contributed by atoms with Crippen molar-refractivity contribution < 1.29 is 0 Å². The maximum atomic E-state index is 6.21. The summed E-state index contributed by atoms with van der Waals surface area (Å²) < 4.78 is 3.83. The fraction of sp³-hybridized carbons (Fsp3) is 0.0667. The van der Waals surface area contributed by atoms with Gasteiger partial charge in [-0.2, -0.15) is 0 Å². The lowest BCUT2D eigenvalue weighted by Crippen LogP contribution is -2.10. The molecule has 0 radical (unpaired) electrons. The zero-order valence-corrected chi connectivity index (χ0v) is 21.8. The third-order valence-electron chi connectivity index (χ3n) is 6.28. The number of halogens is 2. The number of benzene rings is 4. The summed E-state index contributed by atoms with van der Waals surface area (Å²) >= 11 is 12.4. The average Bonchev–Trinajstić information content (AvgIpc) is 3.54. The second-order valence-electron chi connectivity index (χ2n) is 8.87. The summed E-state index contributed by atoms with van der Waals surface area (Å²) in [5, 5.41) is 19.8.